The van der Waals surface area contributed by atoms with E-state index in [1.807, 2.05) is 42.3 Å². The molecule has 1 aromatic heterocycles. The molecule has 0 aliphatic heterocycles. The van der Waals surface area contributed by atoms with Gasteiger partial charge in [0.25, 0.3) is 0 Å². The van der Waals surface area contributed by atoms with Crippen molar-refractivity contribution in [3.63, 3.8) is 0 Å². The van der Waals surface area contributed by atoms with Crippen LogP contribution in [0.4, 0.5) is 0 Å². The molecule has 21 heavy (non-hydrogen) atoms. The number of aromatic nitrogens is 1. The Morgan fingerprint density at radius 2 is 1.81 bits per heavy atom. The molecule has 0 radical (unpaired) electrons. The highest BCUT2D eigenvalue weighted by Gasteiger charge is 2.09. The zero-order valence-corrected chi connectivity index (χ0v) is 11.9. The maximum absolute atomic E-state index is 11.3. The third kappa shape index (κ3) is 4.57. The minimum Gasteiger partial charge on any atom is -0.481 e. The van der Waals surface area contributed by atoms with Crippen LogP contribution >= 0.6 is 0 Å². The van der Waals surface area contributed by atoms with Crippen LogP contribution < -0.4 is 5.56 Å². The molecular formula is C16H18N2O3. The van der Waals surface area contributed by atoms with Gasteiger partial charge in [-0.2, -0.15) is 0 Å². The van der Waals surface area contributed by atoms with Gasteiger partial charge in [0.1, 0.15) is 0 Å². The quantitative estimate of drug-likeness (QED) is 0.846. The molecule has 0 bridgehead atoms. The van der Waals surface area contributed by atoms with Crippen molar-refractivity contribution in [2.75, 3.05) is 7.05 Å². The molecule has 2 N–H and O–H groups in total. The Morgan fingerprint density at radius 1 is 1.10 bits per heavy atom. The second-order valence-electron chi connectivity index (χ2n) is 5.05. The van der Waals surface area contributed by atoms with E-state index < -0.39 is 5.97 Å². The molecule has 2 aromatic rings. The molecule has 0 fully saturated rings. The van der Waals surface area contributed by atoms with Gasteiger partial charge >= 0.3 is 5.97 Å². The number of pyridine rings is 1. The number of carbonyl (C=O) groups is 1. The van der Waals surface area contributed by atoms with E-state index in [0.29, 0.717) is 13.1 Å². The predicted molar refractivity (Wildman–Crippen MR) is 80.0 cm³/mol. The van der Waals surface area contributed by atoms with Crippen LogP contribution in [0.15, 0.2) is 47.3 Å². The van der Waals surface area contributed by atoms with Crippen molar-refractivity contribution in [1.29, 1.82) is 0 Å². The maximum Gasteiger partial charge on any atom is 0.307 e. The number of carboxylic acid groups (broad SMARTS) is 1. The maximum atomic E-state index is 11.3. The van der Waals surface area contributed by atoms with Gasteiger partial charge in [-0.25, -0.2) is 0 Å². The minimum atomic E-state index is -0.836. The van der Waals surface area contributed by atoms with Gasteiger partial charge < -0.3 is 10.1 Å². The molecule has 0 saturated carbocycles. The van der Waals surface area contributed by atoms with Gasteiger partial charge in [-0.1, -0.05) is 30.3 Å². The van der Waals surface area contributed by atoms with E-state index in [-0.39, 0.29) is 12.0 Å². The highest BCUT2D eigenvalue weighted by molar-refractivity contribution is 5.70. The third-order valence-electron chi connectivity index (χ3n) is 3.17. The summed E-state index contributed by atoms with van der Waals surface area (Å²) in [4.78, 5) is 27.0. The number of aliphatic carboxylic acids is 1. The number of hydrogen-bond donors (Lipinski definition) is 2. The van der Waals surface area contributed by atoms with Crippen LogP contribution in [-0.4, -0.2) is 28.0 Å². The normalized spacial score (nSPS) is 10.8. The number of nitrogens with one attached hydrogen (secondary N) is 1. The fourth-order valence-corrected chi connectivity index (χ4v) is 2.27. The van der Waals surface area contributed by atoms with Gasteiger partial charge in [-0.15, -0.1) is 0 Å². The van der Waals surface area contributed by atoms with E-state index in [9.17, 15) is 9.59 Å². The molecule has 2 rings (SSSR count). The highest BCUT2D eigenvalue weighted by Crippen LogP contribution is 2.13. The number of benzene rings is 1. The van der Waals surface area contributed by atoms with E-state index >= 15 is 0 Å². The summed E-state index contributed by atoms with van der Waals surface area (Å²) >= 11 is 0. The lowest BCUT2D eigenvalue weighted by Gasteiger charge is -2.18. The lowest BCUT2D eigenvalue weighted by molar-refractivity contribution is -0.136. The van der Waals surface area contributed by atoms with Crippen molar-refractivity contribution in [2.45, 2.75) is 19.5 Å². The second kappa shape index (κ2) is 6.85. The van der Waals surface area contributed by atoms with Crippen LogP contribution in [0.2, 0.25) is 0 Å². The largest absolute Gasteiger partial charge is 0.481 e. The molecule has 5 nitrogen and oxygen atoms in total. The van der Waals surface area contributed by atoms with Crippen LogP contribution in [0.25, 0.3) is 0 Å². The molecule has 0 spiro atoms. The Kier molecular flexibility index (Phi) is 4.90. The van der Waals surface area contributed by atoms with Gasteiger partial charge in [0.15, 0.2) is 0 Å². The minimum absolute atomic E-state index is 0.0200. The molecule has 0 amide bonds. The molecule has 1 aromatic carbocycles. The zero-order chi connectivity index (χ0) is 15.2. The number of rotatable bonds is 6. The Hall–Kier alpha value is -2.40. The summed E-state index contributed by atoms with van der Waals surface area (Å²) in [6, 6.07) is 12.6. The highest BCUT2D eigenvalue weighted by atomic mass is 16.4. The molecule has 0 aliphatic rings. The summed E-state index contributed by atoms with van der Waals surface area (Å²) in [5.41, 5.74) is 2.52. The first-order chi connectivity index (χ1) is 10.0. The van der Waals surface area contributed by atoms with Crippen molar-refractivity contribution in [1.82, 2.24) is 9.88 Å². The fraction of sp³-hybridized carbons (Fsp3) is 0.250. The van der Waals surface area contributed by atoms with Gasteiger partial charge in [0.2, 0.25) is 5.56 Å². The number of nitrogens with zero attached hydrogens (tertiary/aromatic N) is 1. The van der Waals surface area contributed by atoms with Gasteiger partial charge in [-0.05, 0) is 24.2 Å². The Bertz CT molecular complexity index is 679. The molecule has 5 heteroatoms. The lowest BCUT2D eigenvalue weighted by atomic mass is 10.0. The van der Waals surface area contributed by atoms with E-state index in [4.69, 9.17) is 5.11 Å². The molecule has 1 heterocycles. The topological polar surface area (TPSA) is 73.4 Å². The summed E-state index contributed by atoms with van der Waals surface area (Å²) in [6.45, 7) is 1.22. The van der Waals surface area contributed by atoms with Crippen LogP contribution in [0.3, 0.4) is 0 Å². The molecule has 0 aliphatic carbocycles. The van der Waals surface area contributed by atoms with Crippen LogP contribution in [-0.2, 0) is 24.3 Å². The number of H-pyrrole nitrogens is 1. The number of carboxylic acids is 1. The molecule has 0 atom stereocenters. The smallest absolute Gasteiger partial charge is 0.307 e. The van der Waals surface area contributed by atoms with E-state index in [2.05, 4.69) is 4.98 Å². The summed E-state index contributed by atoms with van der Waals surface area (Å²) < 4.78 is 0. The monoisotopic (exact) mass is 286 g/mol. The van der Waals surface area contributed by atoms with Crippen LogP contribution in [0, 0.1) is 0 Å². The average Bonchev–Trinajstić information content (AvgIpc) is 2.40. The van der Waals surface area contributed by atoms with Gasteiger partial charge in [-0.3, -0.25) is 14.5 Å². The van der Waals surface area contributed by atoms with Crippen molar-refractivity contribution in [3.05, 3.63) is 69.6 Å². The molecule has 110 valence electrons. The summed E-state index contributed by atoms with van der Waals surface area (Å²) in [5, 5.41) is 8.94. The summed E-state index contributed by atoms with van der Waals surface area (Å²) in [5.74, 6) is -0.836. The van der Waals surface area contributed by atoms with Crippen molar-refractivity contribution in [3.8, 4) is 0 Å². The first-order valence-corrected chi connectivity index (χ1v) is 6.70. The van der Waals surface area contributed by atoms with E-state index in [0.717, 1.165) is 16.8 Å². The summed E-state index contributed by atoms with van der Waals surface area (Å²) in [6.07, 6.45) is 0.0200. The Labute approximate surface area is 122 Å². The van der Waals surface area contributed by atoms with E-state index in [1.54, 1.807) is 6.07 Å². The van der Waals surface area contributed by atoms with Crippen LogP contribution in [0.1, 0.15) is 16.8 Å². The van der Waals surface area contributed by atoms with E-state index in [1.165, 1.54) is 6.07 Å². The lowest BCUT2D eigenvalue weighted by Crippen LogP contribution is -2.21. The third-order valence-corrected chi connectivity index (χ3v) is 3.17. The first-order valence-electron chi connectivity index (χ1n) is 6.70. The Balaban J connectivity index is 2.07. The van der Waals surface area contributed by atoms with Crippen molar-refractivity contribution >= 4 is 5.97 Å². The standard InChI is InChI=1S/C16H18N2O3/c1-18(11-14-7-4-8-15(19)17-14)10-13-6-3-2-5-12(13)9-16(20)21/h2-8H,9-11H2,1H3,(H,17,19)(H,20,21). The number of aromatic amines is 1. The zero-order valence-electron chi connectivity index (χ0n) is 11.9. The predicted octanol–water partition coefficient (Wildman–Crippen LogP) is 1.63. The average molecular weight is 286 g/mol. The van der Waals surface area contributed by atoms with Gasteiger partial charge in [0, 0.05) is 24.8 Å². The first kappa shape index (κ1) is 15.0. The van der Waals surface area contributed by atoms with Crippen molar-refractivity contribution < 1.29 is 9.90 Å². The summed E-state index contributed by atoms with van der Waals surface area (Å²) in [7, 11) is 1.93. The second-order valence-corrected chi connectivity index (χ2v) is 5.05. The van der Waals surface area contributed by atoms with Gasteiger partial charge in [0.05, 0.1) is 6.42 Å². The van der Waals surface area contributed by atoms with Crippen LogP contribution in [0.5, 0.6) is 0 Å². The number of hydrogen-bond acceptors (Lipinski definition) is 3. The fourth-order valence-electron chi connectivity index (χ4n) is 2.27. The molecular weight excluding hydrogens is 268 g/mol. The molecule has 0 saturated heterocycles. The Morgan fingerprint density at radius 3 is 2.48 bits per heavy atom. The molecule has 0 unspecified atom stereocenters. The SMILES string of the molecule is CN(Cc1cccc(=O)[nH]1)Cc1ccccc1CC(=O)O. The van der Waals surface area contributed by atoms with Crippen molar-refractivity contribution in [2.24, 2.45) is 0 Å².